The number of hydrazone groups is 1. The van der Waals surface area contributed by atoms with Crippen LogP contribution in [0.3, 0.4) is 0 Å². The lowest BCUT2D eigenvalue weighted by Crippen LogP contribution is -2.05. The minimum absolute atomic E-state index is 0.543. The fraction of sp³-hybridized carbons (Fsp3) is 0.105. The first kappa shape index (κ1) is 15.2. The van der Waals surface area contributed by atoms with Crippen LogP contribution in [0.1, 0.15) is 11.1 Å². The maximum absolute atomic E-state index is 6.12. The van der Waals surface area contributed by atoms with E-state index < -0.39 is 0 Å². The summed E-state index contributed by atoms with van der Waals surface area (Å²) in [4.78, 5) is 0. The van der Waals surface area contributed by atoms with E-state index in [1.807, 2.05) is 53.4 Å². The summed E-state index contributed by atoms with van der Waals surface area (Å²) in [6.07, 6.45) is 9.26. The SMILES string of the molecule is C#CCn1cc(/C=N\NCc2ccccc2Cl)c2ccccc21. The summed E-state index contributed by atoms with van der Waals surface area (Å²) in [6.45, 7) is 1.13. The molecule has 114 valence electrons. The van der Waals surface area contributed by atoms with Gasteiger partial charge in [0.15, 0.2) is 0 Å². The topological polar surface area (TPSA) is 29.3 Å². The summed E-state index contributed by atoms with van der Waals surface area (Å²) in [5.41, 5.74) is 6.19. The number of nitrogens with zero attached hydrogens (tertiary/aromatic N) is 2. The van der Waals surface area contributed by atoms with Gasteiger partial charge in [0.25, 0.3) is 0 Å². The second-order valence-electron chi connectivity index (χ2n) is 5.12. The zero-order chi connectivity index (χ0) is 16.1. The van der Waals surface area contributed by atoms with Crippen LogP contribution in [0.4, 0.5) is 0 Å². The highest BCUT2D eigenvalue weighted by atomic mass is 35.5. The van der Waals surface area contributed by atoms with Gasteiger partial charge in [-0.2, -0.15) is 5.10 Å². The minimum atomic E-state index is 0.543. The molecule has 0 unspecified atom stereocenters. The Hall–Kier alpha value is -2.70. The number of halogens is 1. The van der Waals surface area contributed by atoms with Gasteiger partial charge in [0.05, 0.1) is 19.3 Å². The summed E-state index contributed by atoms with van der Waals surface area (Å²) in [6, 6.07) is 15.9. The van der Waals surface area contributed by atoms with Crippen LogP contribution in [0.15, 0.2) is 59.8 Å². The van der Waals surface area contributed by atoms with E-state index in [2.05, 4.69) is 28.6 Å². The molecule has 1 N–H and O–H groups in total. The standard InChI is InChI=1S/C19H16ClN3/c1-2-11-23-14-16(17-8-4-6-10-19(17)23)13-22-21-12-15-7-3-5-9-18(15)20/h1,3-10,13-14,21H,11-12H2/b22-13-. The van der Waals surface area contributed by atoms with Crippen LogP contribution >= 0.6 is 11.6 Å². The van der Waals surface area contributed by atoms with Gasteiger partial charge in [-0.15, -0.1) is 6.42 Å². The molecular weight excluding hydrogens is 306 g/mol. The van der Waals surface area contributed by atoms with E-state index in [1.165, 1.54) is 0 Å². The third-order valence-corrected chi connectivity index (χ3v) is 3.97. The molecule has 1 heterocycles. The van der Waals surface area contributed by atoms with Crippen molar-refractivity contribution in [2.45, 2.75) is 13.1 Å². The molecule has 4 heteroatoms. The third kappa shape index (κ3) is 3.39. The van der Waals surface area contributed by atoms with Crippen LogP contribution in [0.5, 0.6) is 0 Å². The number of terminal acetylenes is 1. The normalized spacial score (nSPS) is 11.0. The number of hydrogen-bond acceptors (Lipinski definition) is 2. The van der Waals surface area contributed by atoms with Crippen molar-refractivity contribution in [2.75, 3.05) is 0 Å². The minimum Gasteiger partial charge on any atom is -0.335 e. The summed E-state index contributed by atoms with van der Waals surface area (Å²) in [5.74, 6) is 2.67. The van der Waals surface area contributed by atoms with Gasteiger partial charge in [0, 0.05) is 27.7 Å². The molecule has 0 aliphatic heterocycles. The number of rotatable bonds is 5. The van der Waals surface area contributed by atoms with Gasteiger partial charge in [-0.25, -0.2) is 0 Å². The first-order valence-corrected chi connectivity index (χ1v) is 7.68. The number of benzene rings is 2. The van der Waals surface area contributed by atoms with E-state index in [9.17, 15) is 0 Å². The summed E-state index contributed by atoms with van der Waals surface area (Å²) < 4.78 is 2.05. The average molecular weight is 322 g/mol. The lowest BCUT2D eigenvalue weighted by Gasteiger charge is -2.02. The highest BCUT2D eigenvalue weighted by molar-refractivity contribution is 6.31. The van der Waals surface area contributed by atoms with Crippen LogP contribution in [0.25, 0.3) is 10.9 Å². The second-order valence-corrected chi connectivity index (χ2v) is 5.53. The Balaban J connectivity index is 1.76. The number of fused-ring (bicyclic) bond motifs is 1. The van der Waals surface area contributed by atoms with Crippen LogP contribution in [-0.4, -0.2) is 10.8 Å². The third-order valence-electron chi connectivity index (χ3n) is 3.60. The molecule has 3 nitrogen and oxygen atoms in total. The van der Waals surface area contributed by atoms with Crippen molar-refractivity contribution in [1.82, 2.24) is 9.99 Å². The van der Waals surface area contributed by atoms with Crippen molar-refractivity contribution < 1.29 is 0 Å². The number of para-hydroxylation sites is 1. The number of hydrogen-bond donors (Lipinski definition) is 1. The molecule has 0 bridgehead atoms. The Morgan fingerprint density at radius 2 is 1.96 bits per heavy atom. The maximum atomic E-state index is 6.12. The molecule has 0 radical (unpaired) electrons. The van der Waals surface area contributed by atoms with Crippen molar-refractivity contribution in [3.8, 4) is 12.3 Å². The Kier molecular flexibility index (Phi) is 4.65. The lowest BCUT2D eigenvalue weighted by atomic mass is 10.2. The van der Waals surface area contributed by atoms with Crippen molar-refractivity contribution in [3.63, 3.8) is 0 Å². The van der Waals surface area contributed by atoms with Gasteiger partial charge in [0.2, 0.25) is 0 Å². The quantitative estimate of drug-likeness (QED) is 0.429. The van der Waals surface area contributed by atoms with E-state index >= 15 is 0 Å². The number of nitrogens with one attached hydrogen (secondary N) is 1. The fourth-order valence-electron chi connectivity index (χ4n) is 2.49. The Morgan fingerprint density at radius 3 is 2.78 bits per heavy atom. The number of aromatic nitrogens is 1. The molecule has 0 fully saturated rings. The molecule has 0 aliphatic carbocycles. The van der Waals surface area contributed by atoms with E-state index in [0.29, 0.717) is 13.1 Å². The zero-order valence-corrected chi connectivity index (χ0v) is 13.3. The van der Waals surface area contributed by atoms with Gasteiger partial charge < -0.3 is 9.99 Å². The van der Waals surface area contributed by atoms with Crippen LogP contribution in [-0.2, 0) is 13.1 Å². The lowest BCUT2D eigenvalue weighted by molar-refractivity contribution is 0.748. The molecule has 23 heavy (non-hydrogen) atoms. The van der Waals surface area contributed by atoms with Crippen molar-refractivity contribution >= 4 is 28.7 Å². The second kappa shape index (κ2) is 7.04. The molecule has 2 aromatic carbocycles. The maximum Gasteiger partial charge on any atom is 0.0835 e. The fourth-order valence-corrected chi connectivity index (χ4v) is 2.70. The van der Waals surface area contributed by atoms with Gasteiger partial charge in [-0.05, 0) is 17.7 Å². The average Bonchev–Trinajstić information content (AvgIpc) is 2.92. The Labute approximate surface area is 140 Å². The molecule has 0 atom stereocenters. The molecule has 0 saturated heterocycles. The summed E-state index contributed by atoms with van der Waals surface area (Å²) in [5, 5.41) is 6.17. The van der Waals surface area contributed by atoms with Crippen molar-refractivity contribution in [1.29, 1.82) is 0 Å². The molecule has 0 spiro atoms. The van der Waals surface area contributed by atoms with Gasteiger partial charge in [0.1, 0.15) is 0 Å². The van der Waals surface area contributed by atoms with Crippen LogP contribution in [0.2, 0.25) is 5.02 Å². The highest BCUT2D eigenvalue weighted by Crippen LogP contribution is 2.20. The monoisotopic (exact) mass is 321 g/mol. The summed E-state index contributed by atoms with van der Waals surface area (Å²) >= 11 is 6.12. The van der Waals surface area contributed by atoms with E-state index in [4.69, 9.17) is 18.0 Å². The molecule has 0 saturated carbocycles. The van der Waals surface area contributed by atoms with E-state index in [-0.39, 0.29) is 0 Å². The summed E-state index contributed by atoms with van der Waals surface area (Å²) in [7, 11) is 0. The molecule has 3 rings (SSSR count). The van der Waals surface area contributed by atoms with Gasteiger partial charge >= 0.3 is 0 Å². The molecule has 0 aliphatic rings. The Bertz CT molecular complexity index is 887. The first-order valence-electron chi connectivity index (χ1n) is 7.30. The first-order chi connectivity index (χ1) is 11.3. The van der Waals surface area contributed by atoms with Crippen LogP contribution in [0, 0.1) is 12.3 Å². The largest absolute Gasteiger partial charge is 0.335 e. The molecule has 3 aromatic rings. The molecule has 0 amide bonds. The van der Waals surface area contributed by atoms with Gasteiger partial charge in [-0.1, -0.05) is 53.9 Å². The zero-order valence-electron chi connectivity index (χ0n) is 12.5. The van der Waals surface area contributed by atoms with Crippen molar-refractivity contribution in [2.24, 2.45) is 5.10 Å². The van der Waals surface area contributed by atoms with Crippen molar-refractivity contribution in [3.05, 3.63) is 70.9 Å². The molecular formula is C19H16ClN3. The Morgan fingerprint density at radius 1 is 1.17 bits per heavy atom. The van der Waals surface area contributed by atoms with Gasteiger partial charge in [-0.3, -0.25) is 0 Å². The molecule has 1 aromatic heterocycles. The van der Waals surface area contributed by atoms with E-state index in [0.717, 1.165) is 27.1 Å². The van der Waals surface area contributed by atoms with E-state index in [1.54, 1.807) is 0 Å². The predicted octanol–water partition coefficient (Wildman–Crippen LogP) is 4.05. The smallest absolute Gasteiger partial charge is 0.0835 e. The highest BCUT2D eigenvalue weighted by Gasteiger charge is 2.05. The predicted molar refractivity (Wildman–Crippen MR) is 96.7 cm³/mol. The van der Waals surface area contributed by atoms with Crippen LogP contribution < -0.4 is 5.43 Å².